The van der Waals surface area contributed by atoms with Crippen molar-refractivity contribution in [1.82, 2.24) is 0 Å². The van der Waals surface area contributed by atoms with E-state index in [4.69, 9.17) is 21.1 Å². The molecule has 0 atom stereocenters. The average molecular weight is 546 g/mol. The van der Waals surface area contributed by atoms with Gasteiger partial charge in [0.25, 0.3) is 0 Å². The lowest BCUT2D eigenvalue weighted by molar-refractivity contribution is -0.116. The second-order valence-electron chi connectivity index (χ2n) is 8.45. The third-order valence-corrected chi connectivity index (χ3v) is 6.92. The Morgan fingerprint density at radius 2 is 1.66 bits per heavy atom. The van der Waals surface area contributed by atoms with Gasteiger partial charge in [-0.25, -0.2) is 4.79 Å². The molecule has 0 spiro atoms. The molecular formula is C31H28ClNO4S. The second kappa shape index (κ2) is 13.7. The summed E-state index contributed by atoms with van der Waals surface area (Å²) in [6, 6.07) is 30.6. The van der Waals surface area contributed by atoms with Crippen LogP contribution in [0.15, 0.2) is 107 Å². The summed E-state index contributed by atoms with van der Waals surface area (Å²) in [5.41, 5.74) is 2.96. The fourth-order valence-corrected chi connectivity index (χ4v) is 4.96. The molecule has 5 nitrogen and oxygen atoms in total. The van der Waals surface area contributed by atoms with Crippen LogP contribution in [0.25, 0.3) is 0 Å². The molecule has 7 heteroatoms. The van der Waals surface area contributed by atoms with E-state index < -0.39 is 5.97 Å². The third kappa shape index (κ3) is 8.13. The number of esters is 1. The topological polar surface area (TPSA) is 64.6 Å². The fourth-order valence-electron chi connectivity index (χ4n) is 3.71. The van der Waals surface area contributed by atoms with Crippen molar-refractivity contribution in [3.05, 3.63) is 119 Å². The largest absolute Gasteiger partial charge is 0.489 e. The number of amides is 1. The first kappa shape index (κ1) is 27.3. The highest BCUT2D eigenvalue weighted by Crippen LogP contribution is 2.33. The van der Waals surface area contributed by atoms with Crippen LogP contribution in [0.1, 0.15) is 34.8 Å². The summed E-state index contributed by atoms with van der Waals surface area (Å²) in [6.07, 6.45) is 0.757. The van der Waals surface area contributed by atoms with Crippen LogP contribution >= 0.6 is 23.4 Å². The molecule has 194 valence electrons. The van der Waals surface area contributed by atoms with Gasteiger partial charge in [0.05, 0.1) is 12.2 Å². The lowest BCUT2D eigenvalue weighted by Crippen LogP contribution is -2.13. The number of rotatable bonds is 11. The van der Waals surface area contributed by atoms with Crippen molar-refractivity contribution in [3.63, 3.8) is 0 Å². The van der Waals surface area contributed by atoms with Gasteiger partial charge in [-0.1, -0.05) is 71.9 Å². The number of halogens is 1. The van der Waals surface area contributed by atoms with Gasteiger partial charge in [-0.3, -0.25) is 4.79 Å². The number of carbonyl (C=O) groups excluding carboxylic acids is 2. The zero-order valence-electron chi connectivity index (χ0n) is 21.0. The van der Waals surface area contributed by atoms with E-state index in [1.807, 2.05) is 72.8 Å². The molecule has 0 heterocycles. The smallest absolute Gasteiger partial charge is 0.338 e. The van der Waals surface area contributed by atoms with Crippen molar-refractivity contribution in [1.29, 1.82) is 0 Å². The van der Waals surface area contributed by atoms with E-state index in [2.05, 4.69) is 5.32 Å². The van der Waals surface area contributed by atoms with Gasteiger partial charge < -0.3 is 14.8 Å². The SMILES string of the molecule is CCOC(=O)c1cccc(NC(=O)CCc2ccc(Sc3cccc(OCc4ccccc4)c3)cc2Cl)c1. The highest BCUT2D eigenvalue weighted by atomic mass is 35.5. The van der Waals surface area contributed by atoms with Crippen LogP contribution in [-0.2, 0) is 22.6 Å². The Kier molecular flexibility index (Phi) is 9.84. The predicted octanol–water partition coefficient (Wildman–Crippen LogP) is 7.82. The number of nitrogens with one attached hydrogen (secondary N) is 1. The molecule has 4 rings (SSSR count). The molecule has 0 radical (unpaired) electrons. The molecule has 1 amide bonds. The zero-order valence-corrected chi connectivity index (χ0v) is 22.6. The Labute approximate surface area is 232 Å². The first-order valence-corrected chi connectivity index (χ1v) is 13.5. The number of anilines is 1. The standard InChI is InChI=1S/C31H28ClNO4S/c1-2-36-31(35)24-10-6-11-25(18-24)33-30(34)17-15-23-14-16-28(20-29(23)32)38-27-13-7-12-26(19-27)37-21-22-8-4-3-5-9-22/h3-14,16,18-20H,2,15,17,21H2,1H3,(H,33,34). The van der Waals surface area contributed by atoms with E-state index in [1.54, 1.807) is 43.0 Å². The number of benzene rings is 4. The number of hydrogen-bond acceptors (Lipinski definition) is 5. The maximum Gasteiger partial charge on any atom is 0.338 e. The first-order chi connectivity index (χ1) is 18.5. The first-order valence-electron chi connectivity index (χ1n) is 12.3. The Balaban J connectivity index is 1.30. The lowest BCUT2D eigenvalue weighted by atomic mass is 10.1. The molecule has 0 saturated carbocycles. The summed E-state index contributed by atoms with van der Waals surface area (Å²) in [4.78, 5) is 26.5. The van der Waals surface area contributed by atoms with Crippen LogP contribution in [0, 0.1) is 0 Å². The van der Waals surface area contributed by atoms with E-state index in [-0.39, 0.29) is 12.3 Å². The van der Waals surface area contributed by atoms with Crippen molar-refractivity contribution in [2.45, 2.75) is 36.2 Å². The van der Waals surface area contributed by atoms with Gasteiger partial charge in [-0.2, -0.15) is 0 Å². The summed E-state index contributed by atoms with van der Waals surface area (Å²) < 4.78 is 11.0. The Morgan fingerprint density at radius 1 is 0.868 bits per heavy atom. The van der Waals surface area contributed by atoms with Crippen molar-refractivity contribution >= 4 is 40.9 Å². The van der Waals surface area contributed by atoms with Crippen LogP contribution in [0.3, 0.4) is 0 Å². The zero-order chi connectivity index (χ0) is 26.7. The lowest BCUT2D eigenvalue weighted by Gasteiger charge is -2.10. The molecule has 0 fully saturated rings. The fraction of sp³-hybridized carbons (Fsp3) is 0.161. The third-order valence-electron chi connectivity index (χ3n) is 5.59. The van der Waals surface area contributed by atoms with Gasteiger partial charge in [0.1, 0.15) is 12.4 Å². The van der Waals surface area contributed by atoms with Crippen LogP contribution in [-0.4, -0.2) is 18.5 Å². The monoisotopic (exact) mass is 545 g/mol. The molecule has 0 bridgehead atoms. The van der Waals surface area contributed by atoms with Crippen molar-refractivity contribution in [2.75, 3.05) is 11.9 Å². The number of aryl methyl sites for hydroxylation is 1. The Hall–Kier alpha value is -3.74. The van der Waals surface area contributed by atoms with E-state index in [1.165, 1.54) is 0 Å². The van der Waals surface area contributed by atoms with Crippen LogP contribution in [0.5, 0.6) is 5.75 Å². The van der Waals surface area contributed by atoms with Crippen LogP contribution in [0.4, 0.5) is 5.69 Å². The molecular weight excluding hydrogens is 518 g/mol. The summed E-state index contributed by atoms with van der Waals surface area (Å²) in [7, 11) is 0. The van der Waals surface area contributed by atoms with Gasteiger partial charge >= 0.3 is 5.97 Å². The van der Waals surface area contributed by atoms with Crippen LogP contribution in [0.2, 0.25) is 5.02 Å². The van der Waals surface area contributed by atoms with E-state index in [0.717, 1.165) is 26.7 Å². The highest BCUT2D eigenvalue weighted by molar-refractivity contribution is 7.99. The quantitative estimate of drug-likeness (QED) is 0.195. The summed E-state index contributed by atoms with van der Waals surface area (Å²) in [6.45, 7) is 2.56. The van der Waals surface area contributed by atoms with Gasteiger partial charge in [-0.05, 0) is 73.0 Å². The van der Waals surface area contributed by atoms with Crippen LogP contribution < -0.4 is 10.1 Å². The molecule has 0 aliphatic heterocycles. The minimum absolute atomic E-state index is 0.159. The maximum atomic E-state index is 12.5. The van der Waals surface area contributed by atoms with Gasteiger partial charge in [0, 0.05) is 26.9 Å². The molecule has 0 saturated heterocycles. The van der Waals surface area contributed by atoms with E-state index >= 15 is 0 Å². The molecule has 38 heavy (non-hydrogen) atoms. The van der Waals surface area contributed by atoms with Crippen molar-refractivity contribution in [2.24, 2.45) is 0 Å². The molecule has 0 unspecified atom stereocenters. The highest BCUT2D eigenvalue weighted by Gasteiger charge is 2.11. The Morgan fingerprint density at radius 3 is 2.45 bits per heavy atom. The summed E-state index contributed by atoms with van der Waals surface area (Å²) in [5, 5.41) is 3.45. The number of carbonyl (C=O) groups is 2. The minimum Gasteiger partial charge on any atom is -0.489 e. The summed E-state index contributed by atoms with van der Waals surface area (Å²) >= 11 is 8.15. The minimum atomic E-state index is -0.417. The number of hydrogen-bond donors (Lipinski definition) is 1. The molecule has 0 aliphatic rings. The second-order valence-corrected chi connectivity index (χ2v) is 10.0. The maximum absolute atomic E-state index is 12.5. The van der Waals surface area contributed by atoms with Crippen molar-refractivity contribution in [3.8, 4) is 5.75 Å². The predicted molar refractivity (Wildman–Crippen MR) is 152 cm³/mol. The molecule has 1 N–H and O–H groups in total. The molecule has 4 aromatic carbocycles. The average Bonchev–Trinajstić information content (AvgIpc) is 2.92. The normalized spacial score (nSPS) is 10.6. The van der Waals surface area contributed by atoms with E-state index in [9.17, 15) is 9.59 Å². The molecule has 0 aromatic heterocycles. The number of ether oxygens (including phenoxy) is 2. The van der Waals surface area contributed by atoms with Gasteiger partial charge in [-0.15, -0.1) is 0 Å². The van der Waals surface area contributed by atoms with Gasteiger partial charge in [0.2, 0.25) is 5.91 Å². The summed E-state index contributed by atoms with van der Waals surface area (Å²) in [5.74, 6) is 0.230. The molecule has 4 aromatic rings. The van der Waals surface area contributed by atoms with Gasteiger partial charge in [0.15, 0.2) is 0 Å². The Bertz CT molecular complexity index is 1390. The van der Waals surface area contributed by atoms with Crippen molar-refractivity contribution < 1.29 is 19.1 Å². The molecule has 0 aliphatic carbocycles. The van der Waals surface area contributed by atoms with E-state index in [0.29, 0.717) is 35.9 Å².